The van der Waals surface area contributed by atoms with E-state index in [1.54, 1.807) is 0 Å². The van der Waals surface area contributed by atoms with Crippen LogP contribution < -0.4 is 0 Å². The zero-order valence-electron chi connectivity index (χ0n) is 8.63. The fraction of sp³-hybridized carbons (Fsp3) is 0.692. The van der Waals surface area contributed by atoms with E-state index in [1.165, 1.54) is 38.5 Å². The van der Waals surface area contributed by atoms with Gasteiger partial charge in [0.1, 0.15) is 0 Å². The summed E-state index contributed by atoms with van der Waals surface area (Å²) in [7, 11) is 0. The van der Waals surface area contributed by atoms with Crippen LogP contribution in [0.2, 0.25) is 0 Å². The number of rotatable bonds is 0. The summed E-state index contributed by atoms with van der Waals surface area (Å²) < 4.78 is 0. The smallest absolute Gasteiger partial charge is 0.00837 e. The van der Waals surface area contributed by atoms with E-state index in [9.17, 15) is 0 Å². The van der Waals surface area contributed by atoms with Crippen molar-refractivity contribution in [3.05, 3.63) is 24.3 Å². The second kappa shape index (κ2) is 3.69. The van der Waals surface area contributed by atoms with Crippen LogP contribution in [0.15, 0.2) is 24.3 Å². The van der Waals surface area contributed by atoms with Crippen molar-refractivity contribution in [2.24, 2.45) is 11.3 Å². The fourth-order valence-electron chi connectivity index (χ4n) is 2.71. The van der Waals surface area contributed by atoms with E-state index in [2.05, 4.69) is 31.2 Å². The minimum Gasteiger partial charge on any atom is -0.0882 e. The van der Waals surface area contributed by atoms with Gasteiger partial charge in [0, 0.05) is 0 Å². The van der Waals surface area contributed by atoms with Gasteiger partial charge in [-0.25, -0.2) is 0 Å². The van der Waals surface area contributed by atoms with Crippen molar-refractivity contribution in [3.8, 4) is 0 Å². The molecule has 0 saturated carbocycles. The molecule has 2 aliphatic carbocycles. The van der Waals surface area contributed by atoms with Gasteiger partial charge in [0.05, 0.1) is 0 Å². The predicted molar refractivity (Wildman–Crippen MR) is 57.6 cm³/mol. The number of fused-ring (bicyclic) bond motifs is 1. The summed E-state index contributed by atoms with van der Waals surface area (Å²) in [6, 6.07) is 0. The SMILES string of the molecule is CC12C=CCCCC1C=CCCC2. The zero-order chi connectivity index (χ0) is 9.15. The van der Waals surface area contributed by atoms with Crippen molar-refractivity contribution in [2.45, 2.75) is 45.4 Å². The first-order valence-corrected chi connectivity index (χ1v) is 5.66. The molecule has 2 unspecified atom stereocenters. The molecule has 0 amide bonds. The molecule has 0 N–H and O–H groups in total. The number of allylic oxidation sites excluding steroid dienone is 4. The van der Waals surface area contributed by atoms with E-state index in [-0.39, 0.29) is 0 Å². The van der Waals surface area contributed by atoms with Gasteiger partial charge in [0.25, 0.3) is 0 Å². The van der Waals surface area contributed by atoms with Crippen LogP contribution >= 0.6 is 0 Å². The highest BCUT2D eigenvalue weighted by atomic mass is 14.4. The van der Waals surface area contributed by atoms with Crippen molar-refractivity contribution in [3.63, 3.8) is 0 Å². The quantitative estimate of drug-likeness (QED) is 0.488. The molecule has 0 heteroatoms. The van der Waals surface area contributed by atoms with Gasteiger partial charge < -0.3 is 0 Å². The molecule has 0 radical (unpaired) electrons. The molecule has 2 rings (SSSR count). The van der Waals surface area contributed by atoms with Gasteiger partial charge in [0.15, 0.2) is 0 Å². The average Bonchev–Trinajstić information content (AvgIpc) is 2.37. The molecule has 0 aromatic carbocycles. The Morgan fingerprint density at radius 2 is 2.00 bits per heavy atom. The molecular weight excluding hydrogens is 156 g/mol. The summed E-state index contributed by atoms with van der Waals surface area (Å²) in [5.41, 5.74) is 0.476. The third-order valence-electron chi connectivity index (χ3n) is 3.69. The normalized spacial score (nSPS) is 39.3. The molecule has 2 aliphatic rings. The second-order valence-corrected chi connectivity index (χ2v) is 4.77. The Hall–Kier alpha value is -0.520. The lowest BCUT2D eigenvalue weighted by molar-refractivity contribution is 0.275. The van der Waals surface area contributed by atoms with E-state index < -0.39 is 0 Å². The van der Waals surface area contributed by atoms with Crippen molar-refractivity contribution >= 4 is 0 Å². The topological polar surface area (TPSA) is 0 Å². The van der Waals surface area contributed by atoms with Gasteiger partial charge in [-0.1, -0.05) is 31.2 Å². The first-order valence-electron chi connectivity index (χ1n) is 5.66. The minimum absolute atomic E-state index is 0.476. The fourth-order valence-corrected chi connectivity index (χ4v) is 2.71. The maximum atomic E-state index is 2.49. The van der Waals surface area contributed by atoms with Gasteiger partial charge >= 0.3 is 0 Å². The largest absolute Gasteiger partial charge is 0.0882 e. The molecule has 0 saturated heterocycles. The van der Waals surface area contributed by atoms with Gasteiger partial charge in [-0.15, -0.1) is 0 Å². The molecule has 0 spiro atoms. The second-order valence-electron chi connectivity index (χ2n) is 4.77. The van der Waals surface area contributed by atoms with Crippen molar-refractivity contribution < 1.29 is 0 Å². The summed E-state index contributed by atoms with van der Waals surface area (Å²) in [6.07, 6.45) is 17.9. The standard InChI is InChI=1S/C13H20/c1-13-10-6-2-4-8-12(13)9-5-3-7-11-13/h4,7-8,11-12H,2-3,5-6,9-10H2,1H3. The lowest BCUT2D eigenvalue weighted by Crippen LogP contribution is -2.22. The van der Waals surface area contributed by atoms with Crippen LogP contribution in [-0.2, 0) is 0 Å². The Morgan fingerprint density at radius 3 is 2.92 bits per heavy atom. The zero-order valence-corrected chi connectivity index (χ0v) is 8.63. The Balaban J connectivity index is 2.23. The summed E-state index contributed by atoms with van der Waals surface area (Å²) in [5.74, 6) is 0.814. The van der Waals surface area contributed by atoms with Crippen LogP contribution in [0.3, 0.4) is 0 Å². The minimum atomic E-state index is 0.476. The molecule has 2 atom stereocenters. The maximum absolute atomic E-state index is 2.49. The first-order chi connectivity index (χ1) is 6.31. The van der Waals surface area contributed by atoms with Crippen LogP contribution in [-0.4, -0.2) is 0 Å². The van der Waals surface area contributed by atoms with E-state index >= 15 is 0 Å². The molecule has 0 aliphatic heterocycles. The first kappa shape index (κ1) is 9.05. The van der Waals surface area contributed by atoms with Gasteiger partial charge in [-0.3, -0.25) is 0 Å². The molecular formula is C13H20. The lowest BCUT2D eigenvalue weighted by Gasteiger charge is -2.31. The average molecular weight is 176 g/mol. The molecule has 0 heterocycles. The third kappa shape index (κ3) is 1.87. The maximum Gasteiger partial charge on any atom is -0.00837 e. The lowest BCUT2D eigenvalue weighted by atomic mass is 9.73. The summed E-state index contributed by atoms with van der Waals surface area (Å²) in [4.78, 5) is 0. The van der Waals surface area contributed by atoms with E-state index in [0.717, 1.165) is 5.92 Å². The van der Waals surface area contributed by atoms with E-state index in [4.69, 9.17) is 0 Å². The van der Waals surface area contributed by atoms with Crippen LogP contribution in [0.25, 0.3) is 0 Å². The van der Waals surface area contributed by atoms with Crippen molar-refractivity contribution in [1.29, 1.82) is 0 Å². The van der Waals surface area contributed by atoms with Crippen LogP contribution in [0, 0.1) is 11.3 Å². The molecule has 0 nitrogen and oxygen atoms in total. The molecule has 0 fully saturated rings. The Morgan fingerprint density at radius 1 is 1.15 bits per heavy atom. The van der Waals surface area contributed by atoms with Gasteiger partial charge in [-0.2, -0.15) is 0 Å². The summed E-state index contributed by atoms with van der Waals surface area (Å²) in [5, 5.41) is 0. The Kier molecular flexibility index (Phi) is 2.57. The van der Waals surface area contributed by atoms with Crippen molar-refractivity contribution in [2.75, 3.05) is 0 Å². The number of hydrogen-bond donors (Lipinski definition) is 0. The molecule has 0 aromatic rings. The molecule has 13 heavy (non-hydrogen) atoms. The third-order valence-corrected chi connectivity index (χ3v) is 3.69. The molecule has 0 bridgehead atoms. The van der Waals surface area contributed by atoms with Gasteiger partial charge in [-0.05, 0) is 49.9 Å². The van der Waals surface area contributed by atoms with E-state index in [1.807, 2.05) is 0 Å². The van der Waals surface area contributed by atoms with Crippen LogP contribution in [0.5, 0.6) is 0 Å². The molecule has 0 aromatic heterocycles. The molecule has 72 valence electrons. The summed E-state index contributed by atoms with van der Waals surface area (Å²) in [6.45, 7) is 2.44. The monoisotopic (exact) mass is 176 g/mol. The van der Waals surface area contributed by atoms with E-state index in [0.29, 0.717) is 5.41 Å². The van der Waals surface area contributed by atoms with Gasteiger partial charge in [0.2, 0.25) is 0 Å². The highest BCUT2D eigenvalue weighted by Gasteiger charge is 2.31. The highest BCUT2D eigenvalue weighted by molar-refractivity contribution is 5.10. The van der Waals surface area contributed by atoms with Crippen molar-refractivity contribution in [1.82, 2.24) is 0 Å². The highest BCUT2D eigenvalue weighted by Crippen LogP contribution is 2.42. The predicted octanol–water partition coefficient (Wildman–Crippen LogP) is 4.09. The summed E-state index contributed by atoms with van der Waals surface area (Å²) >= 11 is 0. The van der Waals surface area contributed by atoms with Crippen LogP contribution in [0.1, 0.15) is 45.4 Å². The number of hydrogen-bond acceptors (Lipinski definition) is 0. The Bertz CT molecular complexity index is 224. The Labute approximate surface area is 81.7 Å². The van der Waals surface area contributed by atoms with Crippen LogP contribution in [0.4, 0.5) is 0 Å².